The van der Waals surface area contributed by atoms with Gasteiger partial charge >= 0.3 is 0 Å². The summed E-state index contributed by atoms with van der Waals surface area (Å²) >= 11 is 1.63. The van der Waals surface area contributed by atoms with Gasteiger partial charge in [0.15, 0.2) is 5.65 Å². The van der Waals surface area contributed by atoms with E-state index >= 15 is 0 Å². The predicted octanol–water partition coefficient (Wildman–Crippen LogP) is 4.45. The molecule has 0 bridgehead atoms. The van der Waals surface area contributed by atoms with Crippen LogP contribution in [0.4, 0.5) is 5.69 Å². The first-order chi connectivity index (χ1) is 16.5. The van der Waals surface area contributed by atoms with Crippen LogP contribution in [0.25, 0.3) is 15.9 Å². The first-order valence-electron chi connectivity index (χ1n) is 12.1. The van der Waals surface area contributed by atoms with Crippen molar-refractivity contribution in [3.63, 3.8) is 0 Å². The number of amides is 1. The molecule has 1 saturated heterocycles. The molecule has 1 aliphatic carbocycles. The molecule has 1 fully saturated rings. The molecule has 1 unspecified atom stereocenters. The second-order valence-corrected chi connectivity index (χ2v) is 10.6. The SMILES string of the molecule is Cc1cccc(N2CCN(C(=O)c3cccn4c(=O)c5c6c(sc5nc34)CCCC6)CC2C)c1. The van der Waals surface area contributed by atoms with Crippen LogP contribution in [0.2, 0.25) is 0 Å². The minimum absolute atomic E-state index is 0.0494. The molecule has 6 rings (SSSR count). The Morgan fingerprint density at radius 1 is 1.12 bits per heavy atom. The number of fused-ring (bicyclic) bond motifs is 4. The van der Waals surface area contributed by atoms with E-state index in [1.165, 1.54) is 21.7 Å². The molecule has 6 nitrogen and oxygen atoms in total. The van der Waals surface area contributed by atoms with Crippen LogP contribution in [0.15, 0.2) is 47.4 Å². The van der Waals surface area contributed by atoms with Crippen molar-refractivity contribution in [2.75, 3.05) is 24.5 Å². The van der Waals surface area contributed by atoms with Gasteiger partial charge in [-0.3, -0.25) is 14.0 Å². The van der Waals surface area contributed by atoms with Crippen LogP contribution in [-0.2, 0) is 12.8 Å². The third kappa shape index (κ3) is 3.41. The number of nitrogens with zero attached hydrogens (tertiary/aromatic N) is 4. The second kappa shape index (κ2) is 8.24. The van der Waals surface area contributed by atoms with Gasteiger partial charge in [-0.15, -0.1) is 11.3 Å². The monoisotopic (exact) mass is 472 g/mol. The molecule has 7 heteroatoms. The maximum absolute atomic E-state index is 13.7. The van der Waals surface area contributed by atoms with Crippen molar-refractivity contribution in [3.8, 4) is 0 Å². The minimum Gasteiger partial charge on any atom is -0.365 e. The van der Waals surface area contributed by atoms with Crippen molar-refractivity contribution in [2.24, 2.45) is 0 Å². The average molecular weight is 473 g/mol. The highest BCUT2D eigenvalue weighted by Crippen LogP contribution is 2.34. The zero-order valence-corrected chi connectivity index (χ0v) is 20.4. The van der Waals surface area contributed by atoms with Crippen molar-refractivity contribution in [1.29, 1.82) is 0 Å². The normalized spacial score (nSPS) is 18.5. The molecule has 1 atom stereocenters. The van der Waals surface area contributed by atoms with E-state index in [0.29, 0.717) is 24.3 Å². The van der Waals surface area contributed by atoms with Gasteiger partial charge in [-0.1, -0.05) is 12.1 Å². The fraction of sp³-hybridized carbons (Fsp3) is 0.370. The lowest BCUT2D eigenvalue weighted by Crippen LogP contribution is -2.53. The lowest BCUT2D eigenvalue weighted by molar-refractivity contribution is 0.0727. The Kier molecular flexibility index (Phi) is 5.17. The molecule has 174 valence electrons. The van der Waals surface area contributed by atoms with E-state index in [-0.39, 0.29) is 17.5 Å². The van der Waals surface area contributed by atoms with Crippen LogP contribution in [-0.4, -0.2) is 45.9 Å². The van der Waals surface area contributed by atoms with E-state index in [1.54, 1.807) is 34.1 Å². The number of aromatic nitrogens is 2. The molecule has 0 spiro atoms. The van der Waals surface area contributed by atoms with Crippen molar-refractivity contribution >= 4 is 38.8 Å². The molecular formula is C27H28N4O2S. The minimum atomic E-state index is -0.0542. The van der Waals surface area contributed by atoms with E-state index in [9.17, 15) is 9.59 Å². The van der Waals surface area contributed by atoms with Crippen LogP contribution in [0.3, 0.4) is 0 Å². The van der Waals surface area contributed by atoms with Crippen molar-refractivity contribution in [1.82, 2.24) is 14.3 Å². The van der Waals surface area contributed by atoms with E-state index in [1.807, 2.05) is 4.90 Å². The van der Waals surface area contributed by atoms with Crippen LogP contribution < -0.4 is 10.5 Å². The van der Waals surface area contributed by atoms with Gasteiger partial charge < -0.3 is 9.80 Å². The van der Waals surface area contributed by atoms with Gasteiger partial charge in [-0.2, -0.15) is 0 Å². The van der Waals surface area contributed by atoms with Gasteiger partial charge in [0.1, 0.15) is 4.83 Å². The van der Waals surface area contributed by atoms with E-state index in [4.69, 9.17) is 4.98 Å². The summed E-state index contributed by atoms with van der Waals surface area (Å²) in [6.45, 7) is 6.31. The summed E-state index contributed by atoms with van der Waals surface area (Å²) in [5.74, 6) is -0.0542. The largest absolute Gasteiger partial charge is 0.365 e. The zero-order chi connectivity index (χ0) is 23.4. The third-order valence-electron chi connectivity index (χ3n) is 7.24. The van der Waals surface area contributed by atoms with Crippen molar-refractivity contribution < 1.29 is 4.79 Å². The molecule has 0 N–H and O–H groups in total. The summed E-state index contributed by atoms with van der Waals surface area (Å²) < 4.78 is 1.57. The number of anilines is 1. The van der Waals surface area contributed by atoms with Crippen molar-refractivity contribution in [2.45, 2.75) is 45.6 Å². The smallest absolute Gasteiger partial charge is 0.266 e. The summed E-state index contributed by atoms with van der Waals surface area (Å²) in [4.78, 5) is 38.3. The third-order valence-corrected chi connectivity index (χ3v) is 8.42. The Balaban J connectivity index is 1.35. The predicted molar refractivity (Wildman–Crippen MR) is 137 cm³/mol. The van der Waals surface area contributed by atoms with Crippen LogP contribution in [0.5, 0.6) is 0 Å². The summed E-state index contributed by atoms with van der Waals surface area (Å²) in [5.41, 5.74) is 4.53. The molecule has 1 aromatic carbocycles. The van der Waals surface area contributed by atoms with Crippen LogP contribution in [0, 0.1) is 6.92 Å². The van der Waals surface area contributed by atoms with Gasteiger partial charge in [0, 0.05) is 42.4 Å². The summed E-state index contributed by atoms with van der Waals surface area (Å²) in [6.07, 6.45) is 5.99. The van der Waals surface area contributed by atoms with Gasteiger partial charge in [0.25, 0.3) is 11.5 Å². The zero-order valence-electron chi connectivity index (χ0n) is 19.6. The average Bonchev–Trinajstić information content (AvgIpc) is 3.22. The summed E-state index contributed by atoms with van der Waals surface area (Å²) in [6, 6.07) is 12.3. The number of benzene rings is 1. The lowest BCUT2D eigenvalue weighted by Gasteiger charge is -2.41. The molecule has 0 saturated carbocycles. The number of hydrogen-bond donors (Lipinski definition) is 0. The second-order valence-electron chi connectivity index (χ2n) is 9.56. The van der Waals surface area contributed by atoms with Crippen LogP contribution >= 0.6 is 11.3 Å². The number of carbonyl (C=O) groups excluding carboxylic acids is 1. The van der Waals surface area contributed by atoms with Crippen molar-refractivity contribution in [3.05, 3.63) is 74.5 Å². The topological polar surface area (TPSA) is 57.9 Å². The fourth-order valence-corrected chi connectivity index (χ4v) is 6.77. The maximum Gasteiger partial charge on any atom is 0.266 e. The molecule has 4 heterocycles. The van der Waals surface area contributed by atoms with Gasteiger partial charge in [-0.05, 0) is 74.9 Å². The standard InChI is InChI=1S/C27H28N4O2S/c1-17-7-5-8-19(15-17)30-14-13-29(16-18(30)2)26(32)21-10-6-12-31-24(21)28-25-23(27(31)33)20-9-3-4-11-22(20)34-25/h5-8,10,12,15,18H,3-4,9,11,13-14,16H2,1-2H3. The Morgan fingerprint density at radius 3 is 2.79 bits per heavy atom. The number of thiophene rings is 1. The molecule has 3 aromatic heterocycles. The lowest BCUT2D eigenvalue weighted by atomic mass is 9.97. The molecule has 2 aliphatic rings. The summed E-state index contributed by atoms with van der Waals surface area (Å²) in [7, 11) is 0. The molecule has 0 radical (unpaired) electrons. The first kappa shape index (κ1) is 21.4. The van der Waals surface area contributed by atoms with Gasteiger partial charge in [0.2, 0.25) is 0 Å². The quantitative estimate of drug-likeness (QED) is 0.433. The van der Waals surface area contributed by atoms with Crippen LogP contribution in [0.1, 0.15) is 46.1 Å². The van der Waals surface area contributed by atoms with E-state index < -0.39 is 0 Å². The number of rotatable bonds is 2. The first-order valence-corrected chi connectivity index (χ1v) is 12.9. The molecule has 1 amide bonds. The van der Waals surface area contributed by atoms with Gasteiger partial charge in [-0.25, -0.2) is 4.98 Å². The highest BCUT2D eigenvalue weighted by Gasteiger charge is 2.29. The van der Waals surface area contributed by atoms with E-state index in [2.05, 4.69) is 43.0 Å². The molecule has 34 heavy (non-hydrogen) atoms. The Labute approximate surface area is 202 Å². The maximum atomic E-state index is 13.7. The number of carbonyl (C=O) groups is 1. The molecular weight excluding hydrogens is 444 g/mol. The highest BCUT2D eigenvalue weighted by molar-refractivity contribution is 7.18. The number of hydrogen-bond acceptors (Lipinski definition) is 5. The Morgan fingerprint density at radius 2 is 1.97 bits per heavy atom. The molecule has 4 aromatic rings. The highest BCUT2D eigenvalue weighted by atomic mass is 32.1. The van der Waals surface area contributed by atoms with E-state index in [0.717, 1.165) is 42.4 Å². The molecule has 1 aliphatic heterocycles. The fourth-order valence-electron chi connectivity index (χ4n) is 5.52. The number of piperazine rings is 1. The number of pyridine rings is 1. The summed E-state index contributed by atoms with van der Waals surface area (Å²) in [5, 5.41) is 0.752. The Bertz CT molecular complexity index is 1490. The number of aryl methyl sites for hydroxylation is 3. The Hall–Kier alpha value is -3.19. The van der Waals surface area contributed by atoms with Gasteiger partial charge in [0.05, 0.1) is 10.9 Å².